The first-order valence-electron chi connectivity index (χ1n) is 9.05. The number of halogens is 6. The van der Waals surface area contributed by atoms with E-state index in [0.717, 1.165) is 0 Å². The molecule has 2 aliphatic heterocycles. The summed E-state index contributed by atoms with van der Waals surface area (Å²) in [5.41, 5.74) is -1.04. The van der Waals surface area contributed by atoms with Crippen molar-refractivity contribution in [1.29, 1.82) is 5.26 Å². The molecule has 2 aromatic rings. The van der Waals surface area contributed by atoms with E-state index in [1.165, 1.54) is 6.20 Å². The van der Waals surface area contributed by atoms with E-state index >= 15 is 0 Å². The van der Waals surface area contributed by atoms with E-state index in [1.807, 2.05) is 0 Å². The summed E-state index contributed by atoms with van der Waals surface area (Å²) in [4.78, 5) is 5.79. The van der Waals surface area contributed by atoms with Crippen LogP contribution in [-0.4, -0.2) is 22.0 Å². The number of hydrogen-bond donors (Lipinski definition) is 0. The Bertz CT molecular complexity index is 979. The molecule has 1 aromatic heterocycles. The molecule has 0 N–H and O–H groups in total. The van der Waals surface area contributed by atoms with Crippen LogP contribution in [0.3, 0.4) is 0 Å². The summed E-state index contributed by atoms with van der Waals surface area (Å²) in [5.74, 6) is -9.67. The van der Waals surface area contributed by atoms with E-state index in [-0.39, 0.29) is 12.1 Å². The van der Waals surface area contributed by atoms with Gasteiger partial charge in [-0.1, -0.05) is 11.6 Å². The summed E-state index contributed by atoms with van der Waals surface area (Å²) >= 11 is 6.02. The van der Waals surface area contributed by atoms with Gasteiger partial charge in [0, 0.05) is 36.6 Å². The summed E-state index contributed by atoms with van der Waals surface area (Å²) in [6.45, 7) is -0.406. The molecule has 2 unspecified atom stereocenters. The Kier molecular flexibility index (Phi) is 4.99. The van der Waals surface area contributed by atoms with Crippen LogP contribution in [0.5, 0.6) is 0 Å². The van der Waals surface area contributed by atoms with E-state index in [2.05, 4.69) is 11.1 Å². The lowest BCUT2D eigenvalue weighted by Gasteiger charge is -2.43. The molecule has 2 fully saturated rings. The molecular weight excluding hydrogens is 413 g/mol. The summed E-state index contributed by atoms with van der Waals surface area (Å²) in [6.07, 6.45) is 5.08. The highest BCUT2D eigenvalue weighted by Crippen LogP contribution is 2.48. The second-order valence-corrected chi connectivity index (χ2v) is 8.04. The number of benzene rings is 1. The Morgan fingerprint density at radius 1 is 1.00 bits per heavy atom. The number of pyridine rings is 1. The quantitative estimate of drug-likeness (QED) is 0.392. The van der Waals surface area contributed by atoms with Gasteiger partial charge in [0.15, 0.2) is 23.3 Å². The third-order valence-corrected chi connectivity index (χ3v) is 6.26. The van der Waals surface area contributed by atoms with Gasteiger partial charge in [-0.3, -0.25) is 9.88 Å². The van der Waals surface area contributed by atoms with Crippen LogP contribution in [0.4, 0.5) is 22.0 Å². The molecule has 4 rings (SSSR count). The van der Waals surface area contributed by atoms with Crippen LogP contribution < -0.4 is 0 Å². The smallest absolute Gasteiger partial charge is 0.200 e. The Labute approximate surface area is 168 Å². The van der Waals surface area contributed by atoms with Crippen molar-refractivity contribution in [2.45, 2.75) is 49.7 Å². The lowest BCUT2D eigenvalue weighted by molar-refractivity contribution is 0.0940. The third-order valence-electron chi connectivity index (χ3n) is 6.05. The fraction of sp³-hybridized carbons (Fsp3) is 0.400. The van der Waals surface area contributed by atoms with Crippen molar-refractivity contribution in [2.24, 2.45) is 0 Å². The van der Waals surface area contributed by atoms with Gasteiger partial charge in [-0.15, -0.1) is 0 Å². The number of piperidine rings is 1. The van der Waals surface area contributed by atoms with Gasteiger partial charge < -0.3 is 0 Å². The zero-order valence-corrected chi connectivity index (χ0v) is 15.8. The van der Waals surface area contributed by atoms with Crippen molar-refractivity contribution in [3.8, 4) is 6.07 Å². The molecule has 2 aliphatic rings. The fourth-order valence-electron chi connectivity index (χ4n) is 4.64. The summed E-state index contributed by atoms with van der Waals surface area (Å²) < 4.78 is 68.7. The Morgan fingerprint density at radius 3 is 2.07 bits per heavy atom. The molecule has 2 bridgehead atoms. The second kappa shape index (κ2) is 7.22. The summed E-state index contributed by atoms with van der Waals surface area (Å²) in [5, 5.41) is 10.3. The first kappa shape index (κ1) is 20.0. The van der Waals surface area contributed by atoms with Crippen LogP contribution in [0.1, 0.15) is 36.8 Å². The van der Waals surface area contributed by atoms with Gasteiger partial charge >= 0.3 is 0 Å². The van der Waals surface area contributed by atoms with Crippen LogP contribution in [0.15, 0.2) is 18.5 Å². The maximum atomic E-state index is 14.1. The third kappa shape index (κ3) is 3.17. The average Bonchev–Trinajstić information content (AvgIpc) is 2.95. The minimum atomic E-state index is -2.16. The van der Waals surface area contributed by atoms with E-state index in [9.17, 15) is 27.2 Å². The number of aromatic nitrogens is 1. The first-order valence-corrected chi connectivity index (χ1v) is 9.43. The van der Waals surface area contributed by atoms with Gasteiger partial charge in [0.2, 0.25) is 5.82 Å². The van der Waals surface area contributed by atoms with Crippen molar-refractivity contribution in [2.75, 3.05) is 0 Å². The molecule has 9 heteroatoms. The van der Waals surface area contributed by atoms with Gasteiger partial charge in [-0.2, -0.15) is 5.26 Å². The molecule has 0 radical (unpaired) electrons. The number of nitriles is 1. The molecule has 152 valence electrons. The monoisotopic (exact) mass is 427 g/mol. The molecular formula is C20H15ClF5N3. The highest BCUT2D eigenvalue weighted by molar-refractivity contribution is 6.30. The largest absolute Gasteiger partial charge is 0.293 e. The molecule has 0 amide bonds. The van der Waals surface area contributed by atoms with Crippen LogP contribution in [0, 0.1) is 40.4 Å². The molecule has 2 saturated heterocycles. The van der Waals surface area contributed by atoms with Crippen molar-refractivity contribution in [3.63, 3.8) is 0 Å². The van der Waals surface area contributed by atoms with Gasteiger partial charge in [0.05, 0.1) is 16.5 Å². The molecule has 0 saturated carbocycles. The minimum Gasteiger partial charge on any atom is -0.293 e. The molecule has 1 aromatic carbocycles. The SMILES string of the molecule is N#CC1(c2cncc(Cl)c2)CC2CCC(C1)N2Cc1c(F)c(F)c(F)c(F)c1F. The minimum absolute atomic E-state index is 0.234. The van der Waals surface area contributed by atoms with Crippen LogP contribution in [-0.2, 0) is 12.0 Å². The molecule has 3 nitrogen and oxygen atoms in total. The van der Waals surface area contributed by atoms with Gasteiger partial charge in [0.25, 0.3) is 0 Å². The number of nitrogens with zero attached hydrogens (tertiary/aromatic N) is 3. The maximum absolute atomic E-state index is 14.1. The van der Waals surface area contributed by atoms with Crippen molar-refractivity contribution in [1.82, 2.24) is 9.88 Å². The zero-order chi connectivity index (χ0) is 20.9. The molecule has 2 atom stereocenters. The standard InChI is InChI=1S/C20H15ClF5N3/c21-11-3-10(6-28-7-11)20(9-27)4-12-1-2-13(5-20)29(12)8-14-15(22)17(24)19(26)18(25)16(14)23/h3,6-7,12-13H,1-2,4-5,8H2. The number of fused-ring (bicyclic) bond motifs is 2. The van der Waals surface area contributed by atoms with Gasteiger partial charge in [-0.25, -0.2) is 22.0 Å². The Morgan fingerprint density at radius 2 is 1.55 bits per heavy atom. The normalized spacial score (nSPS) is 26.5. The lowest BCUT2D eigenvalue weighted by Crippen LogP contribution is -2.48. The summed E-state index contributed by atoms with van der Waals surface area (Å²) in [7, 11) is 0. The van der Waals surface area contributed by atoms with Crippen LogP contribution in [0.2, 0.25) is 5.02 Å². The van der Waals surface area contributed by atoms with Gasteiger partial charge in [-0.05, 0) is 37.3 Å². The Balaban J connectivity index is 1.66. The van der Waals surface area contributed by atoms with E-state index in [0.29, 0.717) is 36.3 Å². The first-order chi connectivity index (χ1) is 13.8. The predicted molar refractivity (Wildman–Crippen MR) is 94.4 cm³/mol. The number of rotatable bonds is 3. The van der Waals surface area contributed by atoms with Crippen molar-refractivity contribution in [3.05, 3.63) is 63.7 Å². The zero-order valence-electron chi connectivity index (χ0n) is 15.0. The topological polar surface area (TPSA) is 39.9 Å². The van der Waals surface area contributed by atoms with Crippen molar-refractivity contribution >= 4 is 11.6 Å². The molecule has 3 heterocycles. The second-order valence-electron chi connectivity index (χ2n) is 7.60. The van der Waals surface area contributed by atoms with E-state index in [1.54, 1.807) is 17.2 Å². The average molecular weight is 428 g/mol. The van der Waals surface area contributed by atoms with Crippen LogP contribution >= 0.6 is 11.6 Å². The van der Waals surface area contributed by atoms with Gasteiger partial charge in [0.1, 0.15) is 0 Å². The summed E-state index contributed by atoms with van der Waals surface area (Å²) in [6, 6.07) is 3.56. The van der Waals surface area contributed by atoms with Crippen LogP contribution in [0.25, 0.3) is 0 Å². The Hall–Kier alpha value is -2.24. The molecule has 29 heavy (non-hydrogen) atoms. The highest BCUT2D eigenvalue weighted by atomic mass is 35.5. The molecule has 0 aliphatic carbocycles. The lowest BCUT2D eigenvalue weighted by atomic mass is 9.71. The maximum Gasteiger partial charge on any atom is 0.200 e. The molecule has 0 spiro atoms. The highest BCUT2D eigenvalue weighted by Gasteiger charge is 2.50. The van der Waals surface area contributed by atoms with E-state index in [4.69, 9.17) is 11.6 Å². The van der Waals surface area contributed by atoms with E-state index < -0.39 is 46.6 Å². The van der Waals surface area contributed by atoms with Crippen molar-refractivity contribution < 1.29 is 22.0 Å². The fourth-order valence-corrected chi connectivity index (χ4v) is 4.81. The number of hydrogen-bond acceptors (Lipinski definition) is 3. The predicted octanol–water partition coefficient (Wildman–Crippen LogP) is 5.02.